The lowest BCUT2D eigenvalue weighted by atomic mass is 9.70. The zero-order valence-electron chi connectivity index (χ0n) is 13.4. The highest BCUT2D eigenvalue weighted by Gasteiger charge is 2.62. The third-order valence-corrected chi connectivity index (χ3v) is 6.45. The maximum Gasteiger partial charge on any atom is 0.306 e. The highest BCUT2D eigenvalue weighted by molar-refractivity contribution is 5.70. The van der Waals surface area contributed by atoms with Gasteiger partial charge in [-0.2, -0.15) is 0 Å². The van der Waals surface area contributed by atoms with Crippen LogP contribution in [0.5, 0.6) is 0 Å². The molecule has 2 heteroatoms. The Bertz CT molecular complexity index is 520. The first-order chi connectivity index (χ1) is 9.93. The van der Waals surface area contributed by atoms with Crippen molar-refractivity contribution in [3.05, 3.63) is 35.9 Å². The van der Waals surface area contributed by atoms with Gasteiger partial charge in [-0.05, 0) is 42.6 Å². The van der Waals surface area contributed by atoms with E-state index in [4.69, 9.17) is 4.74 Å². The Balaban J connectivity index is 1.57. The van der Waals surface area contributed by atoms with Crippen LogP contribution in [0.2, 0.25) is 0 Å². The molecule has 2 aliphatic rings. The molecule has 0 spiro atoms. The maximum absolute atomic E-state index is 12.2. The number of benzene rings is 1. The largest absolute Gasteiger partial charge is 0.462 e. The second-order valence-corrected chi connectivity index (χ2v) is 7.57. The summed E-state index contributed by atoms with van der Waals surface area (Å²) >= 11 is 0. The number of carbonyl (C=O) groups is 1. The third-order valence-electron chi connectivity index (χ3n) is 6.45. The topological polar surface area (TPSA) is 26.3 Å². The summed E-state index contributed by atoms with van der Waals surface area (Å²) in [6.45, 7) is 7.01. The van der Waals surface area contributed by atoms with Gasteiger partial charge in [0.2, 0.25) is 0 Å². The van der Waals surface area contributed by atoms with Crippen molar-refractivity contribution in [2.24, 2.45) is 16.7 Å². The van der Waals surface area contributed by atoms with Crippen LogP contribution >= 0.6 is 0 Å². The van der Waals surface area contributed by atoms with Crippen LogP contribution in [0.4, 0.5) is 0 Å². The van der Waals surface area contributed by atoms with Crippen molar-refractivity contribution in [3.63, 3.8) is 0 Å². The Hall–Kier alpha value is -1.31. The lowest BCUT2D eigenvalue weighted by molar-refractivity contribution is -0.156. The van der Waals surface area contributed by atoms with Gasteiger partial charge in [0, 0.05) is 11.8 Å². The molecule has 0 heterocycles. The Labute approximate surface area is 127 Å². The van der Waals surface area contributed by atoms with Gasteiger partial charge in [-0.25, -0.2) is 0 Å². The number of esters is 1. The van der Waals surface area contributed by atoms with Crippen LogP contribution in [0.25, 0.3) is 0 Å². The molecule has 2 fully saturated rings. The third kappa shape index (κ3) is 2.39. The Morgan fingerprint density at radius 3 is 2.52 bits per heavy atom. The second-order valence-electron chi connectivity index (χ2n) is 7.57. The minimum Gasteiger partial charge on any atom is -0.462 e. The number of aryl methyl sites for hydroxylation is 1. The van der Waals surface area contributed by atoms with Crippen molar-refractivity contribution < 1.29 is 9.53 Å². The van der Waals surface area contributed by atoms with Crippen LogP contribution in [0.1, 0.15) is 52.0 Å². The maximum atomic E-state index is 12.2. The monoisotopic (exact) mass is 286 g/mol. The van der Waals surface area contributed by atoms with E-state index in [0.29, 0.717) is 11.8 Å². The Morgan fingerprint density at radius 1 is 1.24 bits per heavy atom. The normalized spacial score (nSPS) is 33.1. The number of hydrogen-bond donors (Lipinski definition) is 0. The lowest BCUT2D eigenvalue weighted by Crippen LogP contribution is -2.38. The first kappa shape index (κ1) is 14.6. The van der Waals surface area contributed by atoms with E-state index < -0.39 is 0 Å². The summed E-state index contributed by atoms with van der Waals surface area (Å²) in [5.74, 6) is 0.683. The van der Waals surface area contributed by atoms with E-state index in [-0.39, 0.29) is 17.5 Å². The van der Waals surface area contributed by atoms with Gasteiger partial charge in [0.1, 0.15) is 6.10 Å². The molecule has 3 rings (SSSR count). The highest BCUT2D eigenvalue weighted by atomic mass is 16.5. The molecule has 0 amide bonds. The van der Waals surface area contributed by atoms with Gasteiger partial charge in [-0.1, -0.05) is 51.1 Å². The zero-order valence-corrected chi connectivity index (χ0v) is 13.4. The van der Waals surface area contributed by atoms with Crippen LogP contribution in [-0.4, -0.2) is 12.1 Å². The van der Waals surface area contributed by atoms with E-state index in [2.05, 4.69) is 32.9 Å². The van der Waals surface area contributed by atoms with Gasteiger partial charge < -0.3 is 4.74 Å². The van der Waals surface area contributed by atoms with Crippen LogP contribution < -0.4 is 0 Å². The molecule has 3 atom stereocenters. The number of hydrogen-bond acceptors (Lipinski definition) is 2. The van der Waals surface area contributed by atoms with E-state index in [0.717, 1.165) is 18.8 Å². The SMILES string of the molecule is CC1(C)C2CCC1(C)C(OC(=O)CCc1ccccc1)C2. The fraction of sp³-hybridized carbons (Fsp3) is 0.632. The highest BCUT2D eigenvalue weighted by Crippen LogP contribution is 2.66. The van der Waals surface area contributed by atoms with Gasteiger partial charge in [0.05, 0.1) is 0 Å². The van der Waals surface area contributed by atoms with Crippen LogP contribution in [-0.2, 0) is 16.0 Å². The summed E-state index contributed by atoms with van der Waals surface area (Å²) in [4.78, 5) is 12.2. The number of fused-ring (bicyclic) bond motifs is 2. The molecule has 0 aromatic heterocycles. The van der Waals surface area contributed by atoms with Crippen molar-refractivity contribution in [3.8, 4) is 0 Å². The van der Waals surface area contributed by atoms with Crippen LogP contribution in [0, 0.1) is 16.7 Å². The van der Waals surface area contributed by atoms with Gasteiger partial charge >= 0.3 is 5.97 Å². The van der Waals surface area contributed by atoms with E-state index in [9.17, 15) is 4.79 Å². The van der Waals surface area contributed by atoms with E-state index in [1.807, 2.05) is 18.2 Å². The molecular weight excluding hydrogens is 260 g/mol. The summed E-state index contributed by atoms with van der Waals surface area (Å²) in [7, 11) is 0. The summed E-state index contributed by atoms with van der Waals surface area (Å²) in [5.41, 5.74) is 1.67. The minimum atomic E-state index is -0.0339. The van der Waals surface area contributed by atoms with Crippen molar-refractivity contribution in [2.75, 3.05) is 0 Å². The molecule has 0 N–H and O–H groups in total. The molecule has 2 saturated carbocycles. The molecule has 2 nitrogen and oxygen atoms in total. The summed E-state index contributed by atoms with van der Waals surface area (Å²) in [5, 5.41) is 0. The molecule has 3 unspecified atom stereocenters. The first-order valence-corrected chi connectivity index (χ1v) is 8.17. The molecular formula is C19H26O2. The molecule has 1 aromatic carbocycles. The number of rotatable bonds is 4. The number of carbonyl (C=O) groups excluding carboxylic acids is 1. The minimum absolute atomic E-state index is 0.0339. The van der Waals surface area contributed by atoms with Gasteiger partial charge in [0.15, 0.2) is 0 Å². The molecule has 0 saturated heterocycles. The van der Waals surface area contributed by atoms with Crippen molar-refractivity contribution in [1.82, 2.24) is 0 Å². The molecule has 2 bridgehead atoms. The summed E-state index contributed by atoms with van der Waals surface area (Å²) in [6, 6.07) is 10.2. The van der Waals surface area contributed by atoms with Gasteiger partial charge in [-0.15, -0.1) is 0 Å². The average Bonchev–Trinajstić information content (AvgIpc) is 2.79. The van der Waals surface area contributed by atoms with Crippen molar-refractivity contribution >= 4 is 5.97 Å². The molecule has 1 aromatic rings. The van der Waals surface area contributed by atoms with Crippen molar-refractivity contribution in [2.45, 2.75) is 59.0 Å². The molecule has 0 aliphatic heterocycles. The molecule has 21 heavy (non-hydrogen) atoms. The quantitative estimate of drug-likeness (QED) is 0.768. The fourth-order valence-corrected chi connectivity index (χ4v) is 4.42. The van der Waals surface area contributed by atoms with E-state index in [1.165, 1.54) is 18.4 Å². The Morgan fingerprint density at radius 2 is 1.95 bits per heavy atom. The van der Waals surface area contributed by atoms with Crippen molar-refractivity contribution in [1.29, 1.82) is 0 Å². The van der Waals surface area contributed by atoms with Crippen LogP contribution in [0.15, 0.2) is 30.3 Å². The average molecular weight is 286 g/mol. The fourth-order valence-electron chi connectivity index (χ4n) is 4.42. The van der Waals surface area contributed by atoms with E-state index >= 15 is 0 Å². The predicted octanol–water partition coefficient (Wildman–Crippen LogP) is 4.38. The lowest BCUT2D eigenvalue weighted by Gasteiger charge is -2.38. The van der Waals surface area contributed by atoms with Gasteiger partial charge in [-0.3, -0.25) is 4.79 Å². The smallest absolute Gasteiger partial charge is 0.306 e. The summed E-state index contributed by atoms with van der Waals surface area (Å²) in [6.07, 6.45) is 4.93. The first-order valence-electron chi connectivity index (χ1n) is 8.17. The Kier molecular flexibility index (Phi) is 3.59. The summed E-state index contributed by atoms with van der Waals surface area (Å²) < 4.78 is 5.87. The molecule has 114 valence electrons. The van der Waals surface area contributed by atoms with Crippen LogP contribution in [0.3, 0.4) is 0 Å². The number of ether oxygens (including phenoxy) is 1. The second kappa shape index (κ2) is 5.15. The molecule has 2 aliphatic carbocycles. The predicted molar refractivity (Wildman–Crippen MR) is 83.9 cm³/mol. The van der Waals surface area contributed by atoms with Gasteiger partial charge in [0.25, 0.3) is 0 Å². The van der Waals surface area contributed by atoms with E-state index in [1.54, 1.807) is 0 Å². The standard InChI is InChI=1S/C19H26O2/c1-18(2)15-11-12-19(18,3)16(13-15)21-17(20)10-9-14-7-5-4-6-8-14/h4-8,15-16H,9-13H2,1-3H3. The molecule has 0 radical (unpaired) electrons. The zero-order chi connectivity index (χ0) is 15.1.